The molecule has 3 aromatic rings. The van der Waals surface area contributed by atoms with Crippen LogP contribution in [-0.2, 0) is 6.42 Å². The summed E-state index contributed by atoms with van der Waals surface area (Å²) in [6.45, 7) is 6.97. The Bertz CT molecular complexity index is 1140. The number of pyridine rings is 1. The first-order chi connectivity index (χ1) is 15.5. The second-order valence-electron chi connectivity index (χ2n) is 8.80. The van der Waals surface area contributed by atoms with Crippen LogP contribution < -0.4 is 0 Å². The Morgan fingerprint density at radius 1 is 1.22 bits per heavy atom. The van der Waals surface area contributed by atoms with Crippen molar-refractivity contribution in [3.05, 3.63) is 76.9 Å². The Kier molecular flexibility index (Phi) is 6.36. The molecule has 1 aliphatic rings. The largest absolute Gasteiger partial charge is 0.335 e. The maximum Gasteiger partial charge on any atom is 0.256 e. The van der Waals surface area contributed by atoms with Crippen LogP contribution in [0.5, 0.6) is 0 Å². The van der Waals surface area contributed by atoms with Crippen molar-refractivity contribution in [1.82, 2.24) is 19.7 Å². The monoisotopic (exact) mass is 427 g/mol. The standard InChI is InChI=1S/C26H29N5O/c1-18-6-10-25(31-14-12-20(3)29-31)23(15-18)26(32)30-13-4-5-19(2)24(30)11-9-22-8-7-21(16-27)17-28-22/h6-8,10,12,14-15,17,19,24H,4-5,9,11,13H2,1-3H3/t19-,24-/m1/s1. The number of aryl methyl sites for hydroxylation is 3. The van der Waals surface area contributed by atoms with Gasteiger partial charge in [-0.05, 0) is 75.8 Å². The predicted octanol–water partition coefficient (Wildman–Crippen LogP) is 4.63. The minimum atomic E-state index is 0.0705. The molecule has 1 aliphatic heterocycles. The summed E-state index contributed by atoms with van der Waals surface area (Å²) in [5.41, 5.74) is 5.02. The normalized spacial score (nSPS) is 18.4. The molecule has 164 valence electrons. The number of hydrogen-bond acceptors (Lipinski definition) is 4. The molecule has 4 rings (SSSR count). The maximum atomic E-state index is 13.8. The third kappa shape index (κ3) is 4.57. The van der Waals surface area contributed by atoms with E-state index in [0.717, 1.165) is 54.9 Å². The molecule has 0 unspecified atom stereocenters. The van der Waals surface area contributed by atoms with Gasteiger partial charge in [0.1, 0.15) is 6.07 Å². The van der Waals surface area contributed by atoms with E-state index in [9.17, 15) is 4.79 Å². The minimum absolute atomic E-state index is 0.0705. The molecule has 0 bridgehead atoms. The molecule has 0 N–H and O–H groups in total. The van der Waals surface area contributed by atoms with Crippen molar-refractivity contribution in [2.24, 2.45) is 5.92 Å². The van der Waals surface area contributed by atoms with Crippen LogP contribution in [0.2, 0.25) is 0 Å². The summed E-state index contributed by atoms with van der Waals surface area (Å²) < 4.78 is 1.80. The van der Waals surface area contributed by atoms with Crippen LogP contribution in [0, 0.1) is 31.1 Å². The van der Waals surface area contributed by atoms with Gasteiger partial charge in [-0.15, -0.1) is 0 Å². The fraction of sp³-hybridized carbons (Fsp3) is 0.385. The fourth-order valence-electron chi connectivity index (χ4n) is 4.60. The molecular weight excluding hydrogens is 398 g/mol. The first-order valence-corrected chi connectivity index (χ1v) is 11.3. The van der Waals surface area contributed by atoms with Crippen LogP contribution in [0.1, 0.15) is 59.1 Å². The van der Waals surface area contributed by atoms with Gasteiger partial charge in [0, 0.05) is 30.7 Å². The van der Waals surface area contributed by atoms with Crippen LogP contribution in [0.3, 0.4) is 0 Å². The van der Waals surface area contributed by atoms with E-state index >= 15 is 0 Å². The number of benzene rings is 1. The second kappa shape index (κ2) is 9.35. The van der Waals surface area contributed by atoms with Gasteiger partial charge in [-0.25, -0.2) is 4.68 Å². The maximum absolute atomic E-state index is 13.8. The van der Waals surface area contributed by atoms with Gasteiger partial charge in [0.25, 0.3) is 5.91 Å². The lowest BCUT2D eigenvalue weighted by molar-refractivity contribution is 0.0499. The van der Waals surface area contributed by atoms with Gasteiger partial charge in [-0.3, -0.25) is 9.78 Å². The van der Waals surface area contributed by atoms with Gasteiger partial charge in [0.15, 0.2) is 0 Å². The van der Waals surface area contributed by atoms with Gasteiger partial charge in [0.2, 0.25) is 0 Å². The average Bonchev–Trinajstić information content (AvgIpc) is 3.24. The molecule has 2 atom stereocenters. The van der Waals surface area contributed by atoms with Crippen molar-refractivity contribution in [2.45, 2.75) is 52.5 Å². The number of amides is 1. The zero-order valence-electron chi connectivity index (χ0n) is 19.0. The Labute approximate surface area is 189 Å². The van der Waals surface area contributed by atoms with E-state index in [2.05, 4.69) is 28.0 Å². The Morgan fingerprint density at radius 2 is 2.06 bits per heavy atom. The molecule has 3 heterocycles. The highest BCUT2D eigenvalue weighted by Crippen LogP contribution is 2.29. The summed E-state index contributed by atoms with van der Waals surface area (Å²) in [7, 11) is 0. The topological polar surface area (TPSA) is 74.8 Å². The summed E-state index contributed by atoms with van der Waals surface area (Å²) in [5.74, 6) is 0.493. The summed E-state index contributed by atoms with van der Waals surface area (Å²) >= 11 is 0. The van der Waals surface area contributed by atoms with Crippen LogP contribution >= 0.6 is 0 Å². The lowest BCUT2D eigenvalue weighted by atomic mass is 9.86. The third-order valence-corrected chi connectivity index (χ3v) is 6.38. The number of carbonyl (C=O) groups is 1. The highest BCUT2D eigenvalue weighted by Gasteiger charge is 2.33. The number of nitrogens with zero attached hydrogens (tertiary/aromatic N) is 5. The Hall–Kier alpha value is -3.46. The molecule has 0 radical (unpaired) electrons. The van der Waals surface area contributed by atoms with Crippen molar-refractivity contribution in [3.8, 4) is 11.8 Å². The van der Waals surface area contributed by atoms with Gasteiger partial charge < -0.3 is 4.90 Å². The Balaban J connectivity index is 1.60. The van der Waals surface area contributed by atoms with E-state index in [1.165, 1.54) is 0 Å². The van der Waals surface area contributed by atoms with Crippen molar-refractivity contribution >= 4 is 5.91 Å². The van der Waals surface area contributed by atoms with Crippen LogP contribution in [0.4, 0.5) is 0 Å². The number of likely N-dealkylation sites (tertiary alicyclic amines) is 1. The van der Waals surface area contributed by atoms with Gasteiger partial charge in [0.05, 0.1) is 22.5 Å². The smallest absolute Gasteiger partial charge is 0.256 e. The summed E-state index contributed by atoms with van der Waals surface area (Å²) in [6.07, 6.45) is 7.30. The molecule has 1 amide bonds. The van der Waals surface area contributed by atoms with Gasteiger partial charge in [-0.2, -0.15) is 10.4 Å². The number of aromatic nitrogens is 3. The lowest BCUT2D eigenvalue weighted by Crippen LogP contribution is -2.48. The molecule has 6 nitrogen and oxygen atoms in total. The highest BCUT2D eigenvalue weighted by atomic mass is 16.2. The van der Waals surface area contributed by atoms with Crippen LogP contribution in [0.25, 0.3) is 5.69 Å². The van der Waals surface area contributed by atoms with Crippen molar-refractivity contribution in [3.63, 3.8) is 0 Å². The predicted molar refractivity (Wildman–Crippen MR) is 124 cm³/mol. The third-order valence-electron chi connectivity index (χ3n) is 6.38. The highest BCUT2D eigenvalue weighted by molar-refractivity contribution is 5.98. The number of hydrogen-bond donors (Lipinski definition) is 0. The summed E-state index contributed by atoms with van der Waals surface area (Å²) in [4.78, 5) is 20.3. The SMILES string of the molecule is Cc1ccc(-n2ccc(C)n2)c(C(=O)N2CCC[C@@H](C)[C@H]2CCc2ccc(C#N)cn2)c1. The van der Waals surface area contributed by atoms with Crippen molar-refractivity contribution in [2.75, 3.05) is 6.54 Å². The van der Waals surface area contributed by atoms with E-state index in [1.807, 2.05) is 50.4 Å². The van der Waals surface area contributed by atoms with E-state index in [4.69, 9.17) is 5.26 Å². The van der Waals surface area contributed by atoms with Crippen LogP contribution in [-0.4, -0.2) is 38.2 Å². The zero-order chi connectivity index (χ0) is 22.7. The van der Waals surface area contributed by atoms with Gasteiger partial charge in [-0.1, -0.05) is 18.6 Å². The van der Waals surface area contributed by atoms with E-state index in [-0.39, 0.29) is 11.9 Å². The fourth-order valence-corrected chi connectivity index (χ4v) is 4.60. The van der Waals surface area contributed by atoms with E-state index < -0.39 is 0 Å². The van der Waals surface area contributed by atoms with E-state index in [0.29, 0.717) is 17.0 Å². The first kappa shape index (κ1) is 21.8. The summed E-state index contributed by atoms with van der Waals surface area (Å²) in [6, 6.07) is 13.9. The van der Waals surface area contributed by atoms with E-state index in [1.54, 1.807) is 16.9 Å². The number of piperidine rings is 1. The number of rotatable bonds is 5. The molecule has 1 aromatic carbocycles. The van der Waals surface area contributed by atoms with Crippen molar-refractivity contribution in [1.29, 1.82) is 5.26 Å². The molecule has 2 aromatic heterocycles. The molecule has 32 heavy (non-hydrogen) atoms. The molecular formula is C26H29N5O. The van der Waals surface area contributed by atoms with Gasteiger partial charge >= 0.3 is 0 Å². The molecule has 1 saturated heterocycles. The molecule has 0 saturated carbocycles. The Morgan fingerprint density at radius 3 is 2.75 bits per heavy atom. The average molecular weight is 428 g/mol. The molecule has 6 heteroatoms. The van der Waals surface area contributed by atoms with Crippen molar-refractivity contribution < 1.29 is 4.79 Å². The zero-order valence-corrected chi connectivity index (χ0v) is 19.0. The quantitative estimate of drug-likeness (QED) is 0.595. The van der Waals surface area contributed by atoms with Crippen LogP contribution in [0.15, 0.2) is 48.8 Å². The summed E-state index contributed by atoms with van der Waals surface area (Å²) in [5, 5.41) is 13.5. The number of nitriles is 1. The molecule has 1 fully saturated rings. The lowest BCUT2D eigenvalue weighted by Gasteiger charge is -2.40. The minimum Gasteiger partial charge on any atom is -0.335 e. The number of carbonyl (C=O) groups excluding carboxylic acids is 1. The first-order valence-electron chi connectivity index (χ1n) is 11.3. The molecule has 0 aliphatic carbocycles. The molecule has 0 spiro atoms. The second-order valence-corrected chi connectivity index (χ2v) is 8.80.